The van der Waals surface area contributed by atoms with E-state index in [2.05, 4.69) is 20.7 Å². The van der Waals surface area contributed by atoms with Crippen molar-refractivity contribution in [3.05, 3.63) is 6.33 Å². The number of hydrogen-bond donors (Lipinski definition) is 3. The molecular weight excluding hydrogens is 248 g/mol. The average molecular weight is 266 g/mol. The first-order chi connectivity index (χ1) is 9.13. The number of nitrogens with two attached hydrogens (primary N) is 1. The minimum Gasteiger partial charge on any atom is -0.367 e. The lowest BCUT2D eigenvalue weighted by molar-refractivity contribution is -0.123. The van der Waals surface area contributed by atoms with Crippen molar-refractivity contribution in [1.29, 1.82) is 0 Å². The fraction of sp³-hybridized carbons (Fsp3) is 0.636. The van der Waals surface area contributed by atoms with Crippen molar-refractivity contribution in [2.24, 2.45) is 0 Å². The summed E-state index contributed by atoms with van der Waals surface area (Å²) in [7, 11) is 0. The predicted octanol–water partition coefficient (Wildman–Crippen LogP) is -0.965. The fourth-order valence-corrected chi connectivity index (χ4v) is 1.59. The highest BCUT2D eigenvalue weighted by Gasteiger charge is 2.22. The molecule has 2 amide bonds. The lowest BCUT2D eigenvalue weighted by Gasteiger charge is -2.05. The van der Waals surface area contributed by atoms with Crippen LogP contribution in [0.1, 0.15) is 25.7 Å². The van der Waals surface area contributed by atoms with Crippen LogP contribution >= 0.6 is 0 Å². The van der Waals surface area contributed by atoms with Crippen molar-refractivity contribution < 1.29 is 9.59 Å². The molecule has 1 fully saturated rings. The molecule has 19 heavy (non-hydrogen) atoms. The Labute approximate surface area is 110 Å². The summed E-state index contributed by atoms with van der Waals surface area (Å²) in [6.07, 6.45) is 4.64. The molecule has 1 saturated carbocycles. The molecule has 1 aromatic heterocycles. The van der Waals surface area contributed by atoms with E-state index in [1.54, 1.807) is 0 Å². The Balaban J connectivity index is 1.54. The molecule has 1 aliphatic carbocycles. The predicted molar refractivity (Wildman–Crippen MR) is 67.8 cm³/mol. The van der Waals surface area contributed by atoms with Gasteiger partial charge in [-0.25, -0.2) is 9.67 Å². The smallest absolute Gasteiger partial charge is 0.241 e. The standard InChI is InChI=1S/C11H18N6O2/c12-11-14-7-17(16-11)6-10(19)13-5-1-2-9(18)15-8-3-4-8/h7-8H,1-6H2,(H2,12,16)(H,13,19)(H,15,18). The molecule has 0 saturated heterocycles. The molecule has 8 nitrogen and oxygen atoms in total. The summed E-state index contributed by atoms with van der Waals surface area (Å²) in [5.41, 5.74) is 5.33. The molecule has 104 valence electrons. The highest BCUT2D eigenvalue weighted by atomic mass is 16.2. The number of nitrogen functional groups attached to an aromatic ring is 1. The highest BCUT2D eigenvalue weighted by molar-refractivity contribution is 5.77. The van der Waals surface area contributed by atoms with Crippen LogP contribution in [0, 0.1) is 0 Å². The van der Waals surface area contributed by atoms with Crippen molar-refractivity contribution in [3.8, 4) is 0 Å². The number of nitrogens with zero attached hydrogens (tertiary/aromatic N) is 3. The number of amides is 2. The molecule has 0 aromatic carbocycles. The third-order valence-corrected chi connectivity index (χ3v) is 2.71. The Hall–Kier alpha value is -2.12. The molecule has 4 N–H and O–H groups in total. The van der Waals surface area contributed by atoms with Gasteiger partial charge in [0, 0.05) is 19.0 Å². The van der Waals surface area contributed by atoms with E-state index in [1.165, 1.54) is 11.0 Å². The van der Waals surface area contributed by atoms with E-state index in [-0.39, 0.29) is 24.3 Å². The van der Waals surface area contributed by atoms with Crippen LogP contribution in [0.25, 0.3) is 0 Å². The van der Waals surface area contributed by atoms with E-state index in [1.807, 2.05) is 0 Å². The Morgan fingerprint density at radius 3 is 2.84 bits per heavy atom. The van der Waals surface area contributed by atoms with E-state index in [4.69, 9.17) is 5.73 Å². The topological polar surface area (TPSA) is 115 Å². The Bertz CT molecular complexity index is 454. The summed E-state index contributed by atoms with van der Waals surface area (Å²) in [6.45, 7) is 0.555. The van der Waals surface area contributed by atoms with E-state index < -0.39 is 0 Å². The van der Waals surface area contributed by atoms with Crippen LogP contribution in [0.2, 0.25) is 0 Å². The molecule has 0 radical (unpaired) electrons. The molecule has 1 heterocycles. The first kappa shape index (κ1) is 13.3. The van der Waals surface area contributed by atoms with Crippen LogP contribution in [0.3, 0.4) is 0 Å². The summed E-state index contributed by atoms with van der Waals surface area (Å²) in [4.78, 5) is 26.6. The third kappa shape index (κ3) is 4.94. The van der Waals surface area contributed by atoms with Gasteiger partial charge in [-0.1, -0.05) is 0 Å². The Morgan fingerprint density at radius 1 is 1.42 bits per heavy atom. The maximum absolute atomic E-state index is 11.5. The average Bonchev–Trinajstić information content (AvgIpc) is 3.07. The van der Waals surface area contributed by atoms with Crippen molar-refractivity contribution in [2.45, 2.75) is 38.3 Å². The van der Waals surface area contributed by atoms with Crippen molar-refractivity contribution in [3.63, 3.8) is 0 Å². The van der Waals surface area contributed by atoms with Gasteiger partial charge < -0.3 is 16.4 Å². The first-order valence-electron chi connectivity index (χ1n) is 6.34. The Kier molecular flexibility index (Phi) is 4.32. The number of carbonyl (C=O) groups excluding carboxylic acids is 2. The Morgan fingerprint density at radius 2 is 2.21 bits per heavy atom. The SMILES string of the molecule is Nc1ncn(CC(=O)NCCCC(=O)NC2CC2)n1. The van der Waals surface area contributed by atoms with Gasteiger partial charge in [-0.2, -0.15) is 0 Å². The number of rotatable bonds is 7. The maximum atomic E-state index is 11.5. The molecule has 0 aliphatic heterocycles. The van der Waals surface area contributed by atoms with Crippen LogP contribution in [0.5, 0.6) is 0 Å². The minimum atomic E-state index is -0.174. The fourth-order valence-electron chi connectivity index (χ4n) is 1.59. The third-order valence-electron chi connectivity index (χ3n) is 2.71. The molecule has 0 unspecified atom stereocenters. The number of hydrogen-bond acceptors (Lipinski definition) is 5. The molecule has 1 aliphatic rings. The molecule has 2 rings (SSSR count). The molecule has 0 bridgehead atoms. The van der Waals surface area contributed by atoms with Crippen LogP contribution in [-0.4, -0.2) is 39.2 Å². The monoisotopic (exact) mass is 266 g/mol. The van der Waals surface area contributed by atoms with Gasteiger partial charge in [0.2, 0.25) is 17.8 Å². The van der Waals surface area contributed by atoms with Crippen molar-refractivity contribution in [1.82, 2.24) is 25.4 Å². The maximum Gasteiger partial charge on any atom is 0.241 e. The van der Waals surface area contributed by atoms with Crippen LogP contribution in [0.15, 0.2) is 6.33 Å². The summed E-state index contributed by atoms with van der Waals surface area (Å²) >= 11 is 0. The second-order valence-corrected chi connectivity index (χ2v) is 4.60. The van der Waals surface area contributed by atoms with Gasteiger partial charge in [-0.15, -0.1) is 5.10 Å². The summed E-state index contributed by atoms with van der Waals surface area (Å²) in [6, 6.07) is 0.389. The van der Waals surface area contributed by atoms with E-state index >= 15 is 0 Å². The zero-order valence-corrected chi connectivity index (χ0v) is 10.6. The minimum absolute atomic E-state index is 0.0563. The van der Waals surface area contributed by atoms with Gasteiger partial charge in [-0.3, -0.25) is 9.59 Å². The summed E-state index contributed by atoms with van der Waals surface area (Å²) < 4.78 is 1.37. The van der Waals surface area contributed by atoms with Gasteiger partial charge in [0.1, 0.15) is 12.9 Å². The lowest BCUT2D eigenvalue weighted by Crippen LogP contribution is -2.30. The van der Waals surface area contributed by atoms with Crippen LogP contribution < -0.4 is 16.4 Å². The lowest BCUT2D eigenvalue weighted by atomic mass is 10.3. The number of aromatic nitrogens is 3. The highest BCUT2D eigenvalue weighted by Crippen LogP contribution is 2.18. The van der Waals surface area contributed by atoms with Crippen molar-refractivity contribution in [2.75, 3.05) is 12.3 Å². The van der Waals surface area contributed by atoms with E-state index in [0.717, 1.165) is 12.8 Å². The summed E-state index contributed by atoms with van der Waals surface area (Å²) in [5, 5.41) is 9.42. The quantitative estimate of drug-likeness (QED) is 0.550. The normalized spacial score (nSPS) is 14.1. The van der Waals surface area contributed by atoms with Gasteiger partial charge in [0.25, 0.3) is 0 Å². The number of anilines is 1. The zero-order valence-electron chi connectivity index (χ0n) is 10.6. The number of carbonyl (C=O) groups is 2. The largest absolute Gasteiger partial charge is 0.367 e. The van der Waals surface area contributed by atoms with Crippen molar-refractivity contribution >= 4 is 17.8 Å². The zero-order chi connectivity index (χ0) is 13.7. The van der Waals surface area contributed by atoms with Gasteiger partial charge >= 0.3 is 0 Å². The van der Waals surface area contributed by atoms with E-state index in [9.17, 15) is 9.59 Å². The van der Waals surface area contributed by atoms with Gasteiger partial charge in [-0.05, 0) is 19.3 Å². The van der Waals surface area contributed by atoms with Gasteiger partial charge in [0.15, 0.2) is 0 Å². The molecule has 1 aromatic rings. The van der Waals surface area contributed by atoms with Crippen LogP contribution in [-0.2, 0) is 16.1 Å². The van der Waals surface area contributed by atoms with Crippen LogP contribution in [0.4, 0.5) is 5.95 Å². The second kappa shape index (κ2) is 6.17. The van der Waals surface area contributed by atoms with Gasteiger partial charge in [0.05, 0.1) is 0 Å². The second-order valence-electron chi connectivity index (χ2n) is 4.60. The first-order valence-corrected chi connectivity index (χ1v) is 6.34. The molecule has 0 spiro atoms. The number of nitrogens with one attached hydrogen (secondary N) is 2. The molecule has 0 atom stereocenters. The van der Waals surface area contributed by atoms with E-state index in [0.29, 0.717) is 25.4 Å². The summed E-state index contributed by atoms with van der Waals surface area (Å²) in [5.74, 6) is 0.0258. The molecule has 8 heteroatoms. The molecular formula is C11H18N6O2.